The summed E-state index contributed by atoms with van der Waals surface area (Å²) in [6.07, 6.45) is 6.61. The standard InChI is InChI=1S/C16H22N2/c1-11-7-8-18(6)16(5,10-11)15-12(2)9-13(3)17-14(15)4/h7-10H,1-6H3. The molecule has 0 amide bonds. The summed E-state index contributed by atoms with van der Waals surface area (Å²) in [4.78, 5) is 6.89. The highest BCUT2D eigenvalue weighted by atomic mass is 15.2. The minimum atomic E-state index is -0.103. The summed E-state index contributed by atoms with van der Waals surface area (Å²) in [6, 6.07) is 2.17. The fraction of sp³-hybridized carbons (Fsp3) is 0.438. The Morgan fingerprint density at radius 2 is 1.83 bits per heavy atom. The quantitative estimate of drug-likeness (QED) is 0.747. The second-order valence-corrected chi connectivity index (χ2v) is 5.50. The summed E-state index contributed by atoms with van der Waals surface area (Å²) in [5.74, 6) is 0. The van der Waals surface area contributed by atoms with Gasteiger partial charge in [0, 0.05) is 30.2 Å². The number of aromatic nitrogens is 1. The highest BCUT2D eigenvalue weighted by Crippen LogP contribution is 2.36. The van der Waals surface area contributed by atoms with Gasteiger partial charge in [0.1, 0.15) is 0 Å². The van der Waals surface area contributed by atoms with Gasteiger partial charge in [-0.15, -0.1) is 0 Å². The summed E-state index contributed by atoms with van der Waals surface area (Å²) < 4.78 is 0. The molecule has 2 heterocycles. The number of pyridine rings is 1. The number of hydrogen-bond donors (Lipinski definition) is 0. The van der Waals surface area contributed by atoms with E-state index in [2.05, 4.69) is 76.0 Å². The Morgan fingerprint density at radius 1 is 1.17 bits per heavy atom. The first kappa shape index (κ1) is 12.9. The van der Waals surface area contributed by atoms with E-state index in [1.54, 1.807) is 0 Å². The van der Waals surface area contributed by atoms with Gasteiger partial charge in [0.25, 0.3) is 0 Å². The molecular formula is C16H22N2. The van der Waals surface area contributed by atoms with E-state index >= 15 is 0 Å². The Bertz CT molecular complexity index is 517. The van der Waals surface area contributed by atoms with Gasteiger partial charge in [-0.05, 0) is 52.3 Å². The van der Waals surface area contributed by atoms with Crippen LogP contribution in [0, 0.1) is 20.8 Å². The van der Waals surface area contributed by atoms with E-state index in [-0.39, 0.29) is 5.54 Å². The summed E-state index contributed by atoms with van der Waals surface area (Å²) in [5, 5.41) is 0. The molecule has 0 fully saturated rings. The molecule has 0 aromatic carbocycles. The third-order valence-corrected chi connectivity index (χ3v) is 3.83. The molecule has 1 aliphatic rings. The van der Waals surface area contributed by atoms with Crippen LogP contribution in [0.2, 0.25) is 0 Å². The topological polar surface area (TPSA) is 16.1 Å². The Hall–Kier alpha value is -1.57. The fourth-order valence-corrected chi connectivity index (χ4v) is 3.01. The highest BCUT2D eigenvalue weighted by molar-refractivity contribution is 5.43. The zero-order valence-corrected chi connectivity index (χ0v) is 12.2. The van der Waals surface area contributed by atoms with Crippen LogP contribution in [0.25, 0.3) is 0 Å². The largest absolute Gasteiger partial charge is 0.367 e. The van der Waals surface area contributed by atoms with Gasteiger partial charge in [-0.1, -0.05) is 11.6 Å². The van der Waals surface area contributed by atoms with Crippen LogP contribution in [0.3, 0.4) is 0 Å². The maximum absolute atomic E-state index is 4.63. The minimum absolute atomic E-state index is 0.103. The van der Waals surface area contributed by atoms with E-state index in [1.807, 2.05) is 0 Å². The lowest BCUT2D eigenvalue weighted by molar-refractivity contribution is 0.257. The van der Waals surface area contributed by atoms with Crippen LogP contribution in [0.4, 0.5) is 0 Å². The van der Waals surface area contributed by atoms with Gasteiger partial charge in [-0.3, -0.25) is 4.98 Å². The van der Waals surface area contributed by atoms with Crippen LogP contribution >= 0.6 is 0 Å². The number of likely N-dealkylation sites (N-methyl/N-ethyl adjacent to an activating group) is 1. The lowest BCUT2D eigenvalue weighted by Gasteiger charge is -2.40. The van der Waals surface area contributed by atoms with E-state index in [9.17, 15) is 0 Å². The molecule has 0 radical (unpaired) electrons. The van der Waals surface area contributed by atoms with Crippen molar-refractivity contribution in [3.8, 4) is 0 Å². The van der Waals surface area contributed by atoms with Gasteiger partial charge in [0.05, 0.1) is 5.54 Å². The molecule has 0 spiro atoms. The molecule has 1 unspecified atom stereocenters. The van der Waals surface area contributed by atoms with Crippen molar-refractivity contribution < 1.29 is 0 Å². The molecule has 1 aliphatic heterocycles. The Morgan fingerprint density at radius 3 is 2.44 bits per heavy atom. The summed E-state index contributed by atoms with van der Waals surface area (Å²) in [6.45, 7) is 10.7. The number of allylic oxidation sites excluding steroid dienone is 2. The smallest absolute Gasteiger partial charge is 0.0826 e. The van der Waals surface area contributed by atoms with E-state index in [4.69, 9.17) is 0 Å². The van der Waals surface area contributed by atoms with Crippen LogP contribution in [0.15, 0.2) is 30.0 Å². The Labute approximate surface area is 110 Å². The zero-order valence-electron chi connectivity index (χ0n) is 12.2. The van der Waals surface area contributed by atoms with Crippen LogP contribution in [0.5, 0.6) is 0 Å². The van der Waals surface area contributed by atoms with Gasteiger partial charge >= 0.3 is 0 Å². The molecule has 1 aromatic heterocycles. The average Bonchev–Trinajstić information content (AvgIpc) is 2.22. The second kappa shape index (κ2) is 4.27. The number of hydrogen-bond acceptors (Lipinski definition) is 2. The molecule has 0 bridgehead atoms. The minimum Gasteiger partial charge on any atom is -0.367 e. The van der Waals surface area contributed by atoms with E-state index in [0.717, 1.165) is 11.4 Å². The number of rotatable bonds is 1. The lowest BCUT2D eigenvalue weighted by Crippen LogP contribution is -2.39. The Kier molecular flexibility index (Phi) is 3.05. The van der Waals surface area contributed by atoms with Gasteiger partial charge in [0.2, 0.25) is 0 Å². The fourth-order valence-electron chi connectivity index (χ4n) is 3.01. The summed E-state index contributed by atoms with van der Waals surface area (Å²) in [7, 11) is 2.12. The summed E-state index contributed by atoms with van der Waals surface area (Å²) in [5.41, 5.74) is 6.05. The first-order chi connectivity index (χ1) is 8.34. The predicted octanol–water partition coefficient (Wildman–Crippen LogP) is 3.63. The van der Waals surface area contributed by atoms with Gasteiger partial charge in [-0.2, -0.15) is 0 Å². The van der Waals surface area contributed by atoms with Gasteiger partial charge in [0.15, 0.2) is 0 Å². The number of aryl methyl sites for hydroxylation is 3. The van der Waals surface area contributed by atoms with Crippen LogP contribution in [-0.4, -0.2) is 16.9 Å². The first-order valence-electron chi connectivity index (χ1n) is 6.40. The predicted molar refractivity (Wildman–Crippen MR) is 76.5 cm³/mol. The molecule has 0 N–H and O–H groups in total. The lowest BCUT2D eigenvalue weighted by atomic mass is 9.83. The molecule has 1 atom stereocenters. The zero-order chi connectivity index (χ0) is 13.5. The van der Waals surface area contributed by atoms with Crippen molar-refractivity contribution in [3.05, 3.63) is 52.5 Å². The molecule has 18 heavy (non-hydrogen) atoms. The van der Waals surface area contributed by atoms with E-state index < -0.39 is 0 Å². The van der Waals surface area contributed by atoms with Crippen molar-refractivity contribution in [1.82, 2.24) is 9.88 Å². The SMILES string of the molecule is CC1=CC(C)(c2c(C)cc(C)nc2C)N(C)C=C1. The molecule has 0 aliphatic carbocycles. The van der Waals surface area contributed by atoms with Crippen LogP contribution in [0.1, 0.15) is 36.4 Å². The monoisotopic (exact) mass is 242 g/mol. The normalized spacial score (nSPS) is 23.2. The van der Waals surface area contributed by atoms with Crippen molar-refractivity contribution in [3.63, 3.8) is 0 Å². The second-order valence-electron chi connectivity index (χ2n) is 5.50. The Balaban J connectivity index is 2.64. The third kappa shape index (κ3) is 1.96. The molecule has 2 heteroatoms. The third-order valence-electron chi connectivity index (χ3n) is 3.83. The van der Waals surface area contributed by atoms with Gasteiger partial charge < -0.3 is 4.90 Å². The highest BCUT2D eigenvalue weighted by Gasteiger charge is 2.32. The molecule has 2 rings (SSSR count). The maximum Gasteiger partial charge on any atom is 0.0826 e. The maximum atomic E-state index is 4.63. The van der Waals surface area contributed by atoms with E-state index in [0.29, 0.717) is 0 Å². The molecule has 0 saturated carbocycles. The van der Waals surface area contributed by atoms with Gasteiger partial charge in [-0.25, -0.2) is 0 Å². The molecule has 0 saturated heterocycles. The van der Waals surface area contributed by atoms with Crippen molar-refractivity contribution in [2.75, 3.05) is 7.05 Å². The summed E-state index contributed by atoms with van der Waals surface area (Å²) >= 11 is 0. The molecule has 96 valence electrons. The van der Waals surface area contributed by atoms with Crippen molar-refractivity contribution in [2.45, 2.75) is 40.2 Å². The van der Waals surface area contributed by atoms with Crippen LogP contribution in [-0.2, 0) is 5.54 Å². The average molecular weight is 242 g/mol. The first-order valence-corrected chi connectivity index (χ1v) is 6.40. The molecule has 2 nitrogen and oxygen atoms in total. The molecular weight excluding hydrogens is 220 g/mol. The van der Waals surface area contributed by atoms with Crippen molar-refractivity contribution in [1.29, 1.82) is 0 Å². The van der Waals surface area contributed by atoms with E-state index in [1.165, 1.54) is 16.7 Å². The number of nitrogens with zero attached hydrogens (tertiary/aromatic N) is 2. The van der Waals surface area contributed by atoms with Crippen molar-refractivity contribution >= 4 is 0 Å². The molecule has 1 aromatic rings. The van der Waals surface area contributed by atoms with Crippen molar-refractivity contribution in [2.24, 2.45) is 0 Å². The van der Waals surface area contributed by atoms with Crippen LogP contribution < -0.4 is 0 Å².